The van der Waals surface area contributed by atoms with Crippen molar-refractivity contribution >= 4 is 0 Å². The first-order valence-electron chi connectivity index (χ1n) is 7.83. The first-order valence-corrected chi connectivity index (χ1v) is 7.83. The minimum Gasteiger partial charge on any atom is -0.294 e. The number of hydrogen-bond donors (Lipinski definition) is 0. The van der Waals surface area contributed by atoms with Gasteiger partial charge in [0.05, 0.1) is 0 Å². The molecule has 116 valence electrons. The Balaban J connectivity index is 1.74. The van der Waals surface area contributed by atoms with E-state index in [4.69, 9.17) is 0 Å². The van der Waals surface area contributed by atoms with Gasteiger partial charge in [-0.15, -0.1) is 0 Å². The first-order chi connectivity index (χ1) is 10.7. The molecule has 22 heavy (non-hydrogen) atoms. The second kappa shape index (κ2) is 6.48. The lowest BCUT2D eigenvalue weighted by Crippen LogP contribution is -2.31. The van der Waals surface area contributed by atoms with Crippen LogP contribution in [0.5, 0.6) is 0 Å². The predicted octanol–water partition coefficient (Wildman–Crippen LogP) is 2.83. The molecule has 1 aliphatic rings. The normalized spacial score (nSPS) is 14.9. The van der Waals surface area contributed by atoms with Crippen LogP contribution in [-0.4, -0.2) is 26.4 Å². The predicted molar refractivity (Wildman–Crippen MR) is 82.8 cm³/mol. The van der Waals surface area contributed by atoms with Gasteiger partial charge < -0.3 is 0 Å². The molecule has 0 spiro atoms. The molecule has 3 heterocycles. The molecule has 0 bridgehead atoms. The van der Waals surface area contributed by atoms with Crippen LogP contribution in [0, 0.1) is 12.9 Å². The van der Waals surface area contributed by atoms with Crippen molar-refractivity contribution in [2.45, 2.75) is 46.2 Å². The number of hydrogen-bond acceptors (Lipinski definition) is 4. The lowest BCUT2D eigenvalue weighted by Gasteiger charge is -2.28. The summed E-state index contributed by atoms with van der Waals surface area (Å²) in [6, 6.07) is 1.86. The molecule has 0 unspecified atom stereocenters. The molecule has 1 aliphatic heterocycles. The van der Waals surface area contributed by atoms with Crippen molar-refractivity contribution in [1.82, 2.24) is 19.9 Å². The third-order valence-corrected chi connectivity index (χ3v) is 4.16. The number of rotatable bonds is 4. The molecule has 0 N–H and O–H groups in total. The molecular formula is C17H21FN4. The van der Waals surface area contributed by atoms with E-state index < -0.39 is 0 Å². The zero-order valence-corrected chi connectivity index (χ0v) is 13.1. The van der Waals surface area contributed by atoms with Gasteiger partial charge in [-0.05, 0) is 25.0 Å². The molecule has 0 saturated heterocycles. The van der Waals surface area contributed by atoms with Gasteiger partial charge in [0.15, 0.2) is 0 Å². The summed E-state index contributed by atoms with van der Waals surface area (Å²) in [5, 5.41) is 0. The Morgan fingerprint density at radius 3 is 2.95 bits per heavy atom. The van der Waals surface area contributed by atoms with Crippen LogP contribution in [0.25, 0.3) is 0 Å². The molecule has 0 atom stereocenters. The van der Waals surface area contributed by atoms with Crippen LogP contribution >= 0.6 is 0 Å². The molecule has 0 aromatic carbocycles. The maximum absolute atomic E-state index is 13.9. The Morgan fingerprint density at radius 1 is 1.32 bits per heavy atom. The average Bonchev–Trinajstić information content (AvgIpc) is 2.51. The number of aromatic nitrogens is 3. The largest absolute Gasteiger partial charge is 0.294 e. The molecule has 3 rings (SSSR count). The van der Waals surface area contributed by atoms with Crippen molar-refractivity contribution in [1.29, 1.82) is 0 Å². The number of pyridine rings is 1. The molecule has 0 aliphatic carbocycles. The third kappa shape index (κ3) is 3.14. The quantitative estimate of drug-likeness (QED) is 0.814. The third-order valence-electron chi connectivity index (χ3n) is 4.16. The fourth-order valence-electron chi connectivity index (χ4n) is 2.86. The van der Waals surface area contributed by atoms with E-state index in [9.17, 15) is 4.39 Å². The van der Waals surface area contributed by atoms with Gasteiger partial charge in [-0.3, -0.25) is 4.90 Å². The van der Waals surface area contributed by atoms with Gasteiger partial charge in [0.1, 0.15) is 5.82 Å². The van der Waals surface area contributed by atoms with Crippen LogP contribution in [-0.2, 0) is 25.9 Å². The standard InChI is InChI=1S/C17H21FN4/c1-3-4-16-20-9-13-10-22(8-6-15(13)21-16)11-14-12(2)5-7-19-17(14)18/h5,7,9H,3-4,6,8,10-11H2,1-2H3. The van der Waals surface area contributed by atoms with Gasteiger partial charge in [0.2, 0.25) is 5.95 Å². The van der Waals surface area contributed by atoms with Crippen LogP contribution in [0.15, 0.2) is 18.5 Å². The van der Waals surface area contributed by atoms with Gasteiger partial charge in [-0.25, -0.2) is 15.0 Å². The van der Waals surface area contributed by atoms with Crippen molar-refractivity contribution in [3.05, 3.63) is 52.6 Å². The molecule has 0 radical (unpaired) electrons. The highest BCUT2D eigenvalue weighted by Crippen LogP contribution is 2.21. The number of aryl methyl sites for hydroxylation is 2. The molecule has 4 nitrogen and oxygen atoms in total. The molecule has 0 amide bonds. The Hall–Kier alpha value is -1.88. The molecule has 5 heteroatoms. The topological polar surface area (TPSA) is 41.9 Å². The maximum Gasteiger partial charge on any atom is 0.217 e. The van der Waals surface area contributed by atoms with E-state index in [0.717, 1.165) is 55.0 Å². The monoisotopic (exact) mass is 300 g/mol. The van der Waals surface area contributed by atoms with Crippen molar-refractivity contribution < 1.29 is 4.39 Å². The summed E-state index contributed by atoms with van der Waals surface area (Å²) in [7, 11) is 0. The Bertz CT molecular complexity index is 651. The minimum atomic E-state index is -0.361. The van der Waals surface area contributed by atoms with Crippen molar-refractivity contribution in [2.24, 2.45) is 0 Å². The summed E-state index contributed by atoms with van der Waals surface area (Å²) in [6.07, 6.45) is 6.34. The molecule has 2 aromatic heterocycles. The zero-order chi connectivity index (χ0) is 15.5. The Labute approximate surface area is 130 Å². The van der Waals surface area contributed by atoms with Gasteiger partial charge in [0.25, 0.3) is 0 Å². The van der Waals surface area contributed by atoms with Gasteiger partial charge in [-0.1, -0.05) is 6.92 Å². The van der Waals surface area contributed by atoms with Crippen molar-refractivity contribution in [3.63, 3.8) is 0 Å². The first kappa shape index (κ1) is 15.0. The van der Waals surface area contributed by atoms with E-state index in [2.05, 4.69) is 26.8 Å². The highest BCUT2D eigenvalue weighted by atomic mass is 19.1. The fourth-order valence-corrected chi connectivity index (χ4v) is 2.86. The minimum absolute atomic E-state index is 0.361. The second-order valence-electron chi connectivity index (χ2n) is 5.87. The molecule has 0 saturated carbocycles. The molecule has 0 fully saturated rings. The summed E-state index contributed by atoms with van der Waals surface area (Å²) < 4.78 is 13.9. The van der Waals surface area contributed by atoms with E-state index >= 15 is 0 Å². The van der Waals surface area contributed by atoms with E-state index in [1.54, 1.807) is 0 Å². The summed E-state index contributed by atoms with van der Waals surface area (Å²) in [6.45, 7) is 6.31. The number of halogens is 1. The van der Waals surface area contributed by atoms with Crippen molar-refractivity contribution in [2.75, 3.05) is 6.54 Å². The lowest BCUT2D eigenvalue weighted by molar-refractivity contribution is 0.238. The summed E-state index contributed by atoms with van der Waals surface area (Å²) >= 11 is 0. The van der Waals surface area contributed by atoms with E-state index in [1.165, 1.54) is 6.20 Å². The van der Waals surface area contributed by atoms with E-state index in [1.807, 2.05) is 19.2 Å². The van der Waals surface area contributed by atoms with Crippen LogP contribution in [0.4, 0.5) is 4.39 Å². The van der Waals surface area contributed by atoms with Crippen LogP contribution in [0.3, 0.4) is 0 Å². The molecular weight excluding hydrogens is 279 g/mol. The smallest absolute Gasteiger partial charge is 0.217 e. The van der Waals surface area contributed by atoms with Crippen LogP contribution in [0.1, 0.15) is 41.6 Å². The van der Waals surface area contributed by atoms with Crippen LogP contribution < -0.4 is 0 Å². The highest BCUT2D eigenvalue weighted by molar-refractivity contribution is 5.25. The van der Waals surface area contributed by atoms with Gasteiger partial charge in [-0.2, -0.15) is 4.39 Å². The number of fused-ring (bicyclic) bond motifs is 1. The second-order valence-corrected chi connectivity index (χ2v) is 5.87. The number of nitrogens with zero attached hydrogens (tertiary/aromatic N) is 4. The summed E-state index contributed by atoms with van der Waals surface area (Å²) in [5.41, 5.74) is 3.95. The van der Waals surface area contributed by atoms with Gasteiger partial charge >= 0.3 is 0 Å². The van der Waals surface area contributed by atoms with E-state index in [-0.39, 0.29) is 5.95 Å². The average molecular weight is 300 g/mol. The van der Waals surface area contributed by atoms with Crippen LogP contribution in [0.2, 0.25) is 0 Å². The SMILES string of the molecule is CCCc1ncc2c(n1)CCN(Cc1c(C)ccnc1F)C2. The highest BCUT2D eigenvalue weighted by Gasteiger charge is 2.20. The molecule has 2 aromatic rings. The van der Waals surface area contributed by atoms with Crippen molar-refractivity contribution in [3.8, 4) is 0 Å². The Kier molecular flexibility index (Phi) is 4.43. The fraction of sp³-hybridized carbons (Fsp3) is 0.471. The van der Waals surface area contributed by atoms with Gasteiger partial charge in [0, 0.05) is 61.7 Å². The Morgan fingerprint density at radius 2 is 2.18 bits per heavy atom. The summed E-state index contributed by atoms with van der Waals surface area (Å²) in [4.78, 5) is 15.1. The maximum atomic E-state index is 13.9. The summed E-state index contributed by atoms with van der Waals surface area (Å²) in [5.74, 6) is 0.573. The van der Waals surface area contributed by atoms with E-state index in [0.29, 0.717) is 12.1 Å². The lowest BCUT2D eigenvalue weighted by atomic mass is 10.1. The zero-order valence-electron chi connectivity index (χ0n) is 13.1.